The number of hydrogen-bond donors (Lipinski definition) is 1. The molecule has 1 heterocycles. The summed E-state index contributed by atoms with van der Waals surface area (Å²) in [7, 11) is 1.68. The number of benzene rings is 1. The largest absolute Gasteiger partial charge is 0.496 e. The van der Waals surface area contributed by atoms with Crippen LogP contribution in [-0.2, 0) is 24.1 Å². The van der Waals surface area contributed by atoms with Crippen LogP contribution in [0.1, 0.15) is 29.5 Å². The van der Waals surface area contributed by atoms with Crippen molar-refractivity contribution >= 4 is 17.3 Å². The summed E-state index contributed by atoms with van der Waals surface area (Å²) < 4.78 is 5.47. The van der Waals surface area contributed by atoms with Gasteiger partial charge in [0.2, 0.25) is 0 Å². The normalized spacial score (nSPS) is 10.5. The van der Waals surface area contributed by atoms with Crippen LogP contribution in [0.25, 0.3) is 0 Å². The van der Waals surface area contributed by atoms with Gasteiger partial charge in [0.05, 0.1) is 7.11 Å². The van der Waals surface area contributed by atoms with E-state index in [0.717, 1.165) is 25.0 Å². The number of aliphatic carboxylic acids is 1. The first kappa shape index (κ1) is 15.6. The first-order valence-corrected chi connectivity index (χ1v) is 8.02. The number of thiophene rings is 1. The van der Waals surface area contributed by atoms with Gasteiger partial charge >= 0.3 is 5.97 Å². The summed E-state index contributed by atoms with van der Waals surface area (Å²) in [5.41, 5.74) is 3.74. The van der Waals surface area contributed by atoms with Gasteiger partial charge in [0.1, 0.15) is 5.75 Å². The highest BCUT2D eigenvalue weighted by atomic mass is 32.1. The molecular formula is C17H20O3S. The van der Waals surface area contributed by atoms with E-state index in [1.807, 2.05) is 12.1 Å². The van der Waals surface area contributed by atoms with Crippen LogP contribution in [-0.4, -0.2) is 18.2 Å². The summed E-state index contributed by atoms with van der Waals surface area (Å²) in [6, 6.07) is 8.17. The number of aryl methyl sites for hydroxylation is 2. The Kier molecular flexibility index (Phi) is 5.81. The Morgan fingerprint density at radius 3 is 2.76 bits per heavy atom. The third kappa shape index (κ3) is 4.60. The van der Waals surface area contributed by atoms with Gasteiger partial charge in [0.15, 0.2) is 0 Å². The highest BCUT2D eigenvalue weighted by Crippen LogP contribution is 2.25. The standard InChI is InChI=1S/C17H20O3S/c1-20-16-6-2-4-14(5-3-7-17(18)19)15(16)9-8-13-10-11-21-12-13/h2,4,6,10-12H,3,5,7-9H2,1H3,(H,18,19). The minimum Gasteiger partial charge on any atom is -0.496 e. The molecule has 0 saturated carbocycles. The van der Waals surface area contributed by atoms with E-state index < -0.39 is 5.97 Å². The Hall–Kier alpha value is -1.81. The Bertz CT molecular complexity index is 576. The summed E-state index contributed by atoms with van der Waals surface area (Å²) in [4.78, 5) is 10.7. The lowest BCUT2D eigenvalue weighted by atomic mass is 9.96. The highest BCUT2D eigenvalue weighted by molar-refractivity contribution is 7.07. The van der Waals surface area contributed by atoms with Gasteiger partial charge in [-0.1, -0.05) is 12.1 Å². The number of rotatable bonds is 8. The van der Waals surface area contributed by atoms with Crippen molar-refractivity contribution in [1.29, 1.82) is 0 Å². The molecule has 0 spiro atoms. The summed E-state index contributed by atoms with van der Waals surface area (Å²) in [5, 5.41) is 13.0. The number of carboxylic acids is 1. The molecule has 1 aromatic carbocycles. The molecule has 0 aliphatic rings. The minimum atomic E-state index is -0.738. The SMILES string of the molecule is COc1cccc(CCCC(=O)O)c1CCc1ccsc1. The third-order valence-corrected chi connectivity index (χ3v) is 4.26. The van der Waals surface area contributed by atoms with Gasteiger partial charge in [0.25, 0.3) is 0 Å². The van der Waals surface area contributed by atoms with Crippen LogP contribution >= 0.6 is 11.3 Å². The zero-order valence-electron chi connectivity index (χ0n) is 12.2. The van der Waals surface area contributed by atoms with Crippen LogP contribution in [0.3, 0.4) is 0 Å². The van der Waals surface area contributed by atoms with Crippen molar-refractivity contribution in [3.63, 3.8) is 0 Å². The average molecular weight is 304 g/mol. The second kappa shape index (κ2) is 7.84. The van der Waals surface area contributed by atoms with Gasteiger partial charge in [0, 0.05) is 6.42 Å². The predicted octanol–water partition coefficient (Wildman–Crippen LogP) is 3.95. The molecule has 3 nitrogen and oxygen atoms in total. The molecule has 0 bridgehead atoms. The van der Waals surface area contributed by atoms with Crippen molar-refractivity contribution in [2.75, 3.05) is 7.11 Å². The predicted molar refractivity (Wildman–Crippen MR) is 85.3 cm³/mol. The molecule has 0 radical (unpaired) electrons. The molecule has 0 amide bonds. The van der Waals surface area contributed by atoms with Crippen LogP contribution in [0, 0.1) is 0 Å². The third-order valence-electron chi connectivity index (χ3n) is 3.53. The van der Waals surface area contributed by atoms with Crippen molar-refractivity contribution in [2.45, 2.75) is 32.1 Å². The molecule has 0 aliphatic carbocycles. The second-order valence-corrected chi connectivity index (χ2v) is 5.76. The number of hydrogen-bond acceptors (Lipinski definition) is 3. The smallest absolute Gasteiger partial charge is 0.303 e. The Morgan fingerprint density at radius 2 is 2.10 bits per heavy atom. The maximum atomic E-state index is 10.7. The van der Waals surface area contributed by atoms with E-state index in [4.69, 9.17) is 9.84 Å². The quantitative estimate of drug-likeness (QED) is 0.803. The monoisotopic (exact) mass is 304 g/mol. The number of methoxy groups -OCH3 is 1. The lowest BCUT2D eigenvalue weighted by molar-refractivity contribution is -0.137. The maximum absolute atomic E-state index is 10.7. The average Bonchev–Trinajstić information content (AvgIpc) is 2.98. The van der Waals surface area contributed by atoms with E-state index in [0.29, 0.717) is 6.42 Å². The van der Waals surface area contributed by atoms with Gasteiger partial charge in [-0.25, -0.2) is 0 Å². The molecule has 4 heteroatoms. The summed E-state index contributed by atoms with van der Waals surface area (Å²) in [6.45, 7) is 0. The lowest BCUT2D eigenvalue weighted by Gasteiger charge is -2.13. The summed E-state index contributed by atoms with van der Waals surface area (Å²) in [5.74, 6) is 0.163. The molecule has 1 aromatic heterocycles. The van der Waals surface area contributed by atoms with Crippen molar-refractivity contribution < 1.29 is 14.6 Å². The van der Waals surface area contributed by atoms with Crippen molar-refractivity contribution in [2.24, 2.45) is 0 Å². The first-order chi connectivity index (χ1) is 10.2. The molecule has 1 N–H and O–H groups in total. The van der Waals surface area contributed by atoms with E-state index in [1.165, 1.54) is 16.7 Å². The fourth-order valence-electron chi connectivity index (χ4n) is 2.45. The van der Waals surface area contributed by atoms with Crippen LogP contribution in [0.4, 0.5) is 0 Å². The van der Waals surface area contributed by atoms with Gasteiger partial charge < -0.3 is 9.84 Å². The van der Waals surface area contributed by atoms with Crippen molar-refractivity contribution in [3.8, 4) is 5.75 Å². The molecule has 2 rings (SSSR count). The second-order valence-electron chi connectivity index (χ2n) is 4.98. The minimum absolute atomic E-state index is 0.210. The molecule has 0 saturated heterocycles. The van der Waals surface area contributed by atoms with Gasteiger partial charge in [-0.05, 0) is 65.3 Å². The fraction of sp³-hybridized carbons (Fsp3) is 0.353. The zero-order valence-corrected chi connectivity index (χ0v) is 13.0. The molecule has 0 aliphatic heterocycles. The topological polar surface area (TPSA) is 46.5 Å². The van der Waals surface area contributed by atoms with E-state index in [2.05, 4.69) is 22.9 Å². The van der Waals surface area contributed by atoms with Crippen molar-refractivity contribution in [1.82, 2.24) is 0 Å². The highest BCUT2D eigenvalue weighted by Gasteiger charge is 2.10. The maximum Gasteiger partial charge on any atom is 0.303 e. The molecule has 0 unspecified atom stereocenters. The molecule has 0 fully saturated rings. The molecular weight excluding hydrogens is 284 g/mol. The van der Waals surface area contributed by atoms with Crippen LogP contribution < -0.4 is 4.74 Å². The lowest BCUT2D eigenvalue weighted by Crippen LogP contribution is -2.02. The molecule has 0 atom stereocenters. The molecule has 21 heavy (non-hydrogen) atoms. The van der Waals surface area contributed by atoms with E-state index in [9.17, 15) is 4.79 Å². The first-order valence-electron chi connectivity index (χ1n) is 7.08. The summed E-state index contributed by atoms with van der Waals surface area (Å²) >= 11 is 1.71. The fourth-order valence-corrected chi connectivity index (χ4v) is 3.16. The number of carboxylic acid groups (broad SMARTS) is 1. The summed E-state index contributed by atoms with van der Waals surface area (Å²) in [6.07, 6.45) is 3.55. The van der Waals surface area contributed by atoms with E-state index in [1.54, 1.807) is 18.4 Å². The van der Waals surface area contributed by atoms with Crippen molar-refractivity contribution in [3.05, 3.63) is 51.7 Å². The van der Waals surface area contributed by atoms with Gasteiger partial charge in [-0.15, -0.1) is 0 Å². The number of ether oxygens (including phenoxy) is 1. The van der Waals surface area contributed by atoms with Crippen LogP contribution in [0.2, 0.25) is 0 Å². The van der Waals surface area contributed by atoms with E-state index >= 15 is 0 Å². The van der Waals surface area contributed by atoms with E-state index in [-0.39, 0.29) is 6.42 Å². The number of carbonyl (C=O) groups is 1. The Balaban J connectivity index is 2.09. The Labute approximate surface area is 129 Å². The molecule has 2 aromatic rings. The Morgan fingerprint density at radius 1 is 1.24 bits per heavy atom. The van der Waals surface area contributed by atoms with Crippen LogP contribution in [0.5, 0.6) is 5.75 Å². The molecule has 112 valence electrons. The van der Waals surface area contributed by atoms with Crippen LogP contribution in [0.15, 0.2) is 35.0 Å². The van der Waals surface area contributed by atoms with Gasteiger partial charge in [-0.2, -0.15) is 11.3 Å². The van der Waals surface area contributed by atoms with Gasteiger partial charge in [-0.3, -0.25) is 4.79 Å². The zero-order chi connectivity index (χ0) is 15.1.